The average Bonchev–Trinajstić information content (AvgIpc) is 3.17. The van der Waals surface area contributed by atoms with E-state index in [0.717, 1.165) is 5.56 Å². The van der Waals surface area contributed by atoms with Gasteiger partial charge in [0.15, 0.2) is 12.4 Å². The van der Waals surface area contributed by atoms with E-state index >= 15 is 0 Å². The molecule has 1 aliphatic rings. The number of hydrogen-bond donors (Lipinski definition) is 1. The van der Waals surface area contributed by atoms with Crippen molar-refractivity contribution in [2.24, 2.45) is 0 Å². The van der Waals surface area contributed by atoms with E-state index in [-0.39, 0.29) is 31.1 Å². The highest BCUT2D eigenvalue weighted by Crippen LogP contribution is 2.31. The van der Waals surface area contributed by atoms with Crippen molar-refractivity contribution >= 4 is 33.4 Å². The molecule has 1 aromatic heterocycles. The first-order chi connectivity index (χ1) is 13.9. The molecule has 0 saturated carbocycles. The summed E-state index contributed by atoms with van der Waals surface area (Å²) < 4.78 is 30.7. The number of Topliss-reactive ketones (excluding diaryl/α,β-unsaturated/α-hetero) is 1. The predicted molar refractivity (Wildman–Crippen MR) is 107 cm³/mol. The molecule has 0 fully saturated rings. The van der Waals surface area contributed by atoms with Gasteiger partial charge in [-0.1, -0.05) is 0 Å². The van der Waals surface area contributed by atoms with Crippen LogP contribution in [-0.4, -0.2) is 55.6 Å². The number of fused-ring (bicyclic) bond motifs is 1. The fourth-order valence-electron chi connectivity index (χ4n) is 2.96. The van der Waals surface area contributed by atoms with Crippen LogP contribution < -0.4 is 9.62 Å². The van der Waals surface area contributed by atoms with Crippen molar-refractivity contribution in [1.82, 2.24) is 9.97 Å². The Kier molecular flexibility index (Phi) is 6.42. The Morgan fingerprint density at radius 3 is 2.72 bits per heavy atom. The van der Waals surface area contributed by atoms with Gasteiger partial charge in [0, 0.05) is 31.0 Å². The van der Waals surface area contributed by atoms with Gasteiger partial charge in [0.2, 0.25) is 16.0 Å². The molecule has 0 aliphatic carbocycles. The number of carbonyl (C=O) groups is 2. The van der Waals surface area contributed by atoms with Gasteiger partial charge in [0.1, 0.15) is 0 Å². The molecule has 154 valence electrons. The van der Waals surface area contributed by atoms with Gasteiger partial charge in [-0.2, -0.15) is 0 Å². The number of sulfonamides is 1. The number of esters is 1. The number of anilines is 2. The lowest BCUT2D eigenvalue weighted by Crippen LogP contribution is -2.30. The van der Waals surface area contributed by atoms with Gasteiger partial charge in [-0.15, -0.1) is 0 Å². The quantitative estimate of drug-likeness (QED) is 0.480. The third-order valence-corrected chi connectivity index (χ3v) is 6.28. The minimum Gasteiger partial charge on any atom is -0.457 e. The molecule has 0 radical (unpaired) electrons. The number of aromatic nitrogens is 2. The maximum atomic E-state index is 12.3. The highest BCUT2D eigenvalue weighted by Gasteiger charge is 2.28. The summed E-state index contributed by atoms with van der Waals surface area (Å²) in [4.78, 5) is 32.1. The van der Waals surface area contributed by atoms with E-state index in [1.165, 1.54) is 4.31 Å². The van der Waals surface area contributed by atoms with Gasteiger partial charge in [-0.05, 0) is 43.2 Å². The molecule has 1 N–H and O–H groups in total. The summed E-state index contributed by atoms with van der Waals surface area (Å²) in [6.45, 7) is 1.90. The maximum Gasteiger partial charge on any atom is 0.308 e. The second-order valence-electron chi connectivity index (χ2n) is 6.40. The number of nitrogens with one attached hydrogen (secondary N) is 1. The first-order valence-corrected chi connectivity index (χ1v) is 10.8. The second-order valence-corrected chi connectivity index (χ2v) is 8.58. The molecule has 10 heteroatoms. The van der Waals surface area contributed by atoms with E-state index in [1.54, 1.807) is 43.6 Å². The zero-order valence-electron chi connectivity index (χ0n) is 16.0. The van der Waals surface area contributed by atoms with E-state index in [2.05, 4.69) is 15.3 Å². The molecule has 0 amide bonds. The Morgan fingerprint density at radius 1 is 1.24 bits per heavy atom. The van der Waals surface area contributed by atoms with E-state index in [1.807, 2.05) is 0 Å². The molecule has 2 aromatic rings. The smallest absolute Gasteiger partial charge is 0.308 e. The van der Waals surface area contributed by atoms with Crippen molar-refractivity contribution < 1.29 is 22.7 Å². The van der Waals surface area contributed by atoms with Gasteiger partial charge >= 0.3 is 5.97 Å². The third-order valence-electron chi connectivity index (χ3n) is 4.50. The van der Waals surface area contributed by atoms with E-state index in [4.69, 9.17) is 4.74 Å². The first kappa shape index (κ1) is 20.7. The summed E-state index contributed by atoms with van der Waals surface area (Å²) in [5, 5.41) is 2.88. The Bertz CT molecular complexity index is 995. The summed E-state index contributed by atoms with van der Waals surface area (Å²) in [6, 6.07) is 6.55. The molecule has 1 aliphatic heterocycles. The summed E-state index contributed by atoms with van der Waals surface area (Å²) in [6.07, 6.45) is 3.78. The molecule has 3 rings (SSSR count). The Labute approximate surface area is 169 Å². The van der Waals surface area contributed by atoms with Crippen LogP contribution >= 0.6 is 0 Å². The zero-order valence-corrected chi connectivity index (χ0v) is 16.8. The number of hydrogen-bond acceptors (Lipinski definition) is 8. The van der Waals surface area contributed by atoms with Gasteiger partial charge in [0.05, 0.1) is 17.9 Å². The van der Waals surface area contributed by atoms with Gasteiger partial charge in [-0.25, -0.2) is 18.4 Å². The average molecular weight is 418 g/mol. The number of nitrogens with zero attached hydrogens (tertiary/aromatic N) is 3. The van der Waals surface area contributed by atoms with Crippen LogP contribution in [0.1, 0.15) is 29.3 Å². The highest BCUT2D eigenvalue weighted by atomic mass is 32.2. The van der Waals surface area contributed by atoms with Gasteiger partial charge in [0.25, 0.3) is 0 Å². The lowest BCUT2D eigenvalue weighted by Gasteiger charge is -2.18. The Hall–Kier alpha value is -3.01. The summed E-state index contributed by atoms with van der Waals surface area (Å²) in [7, 11) is -3.33. The van der Waals surface area contributed by atoms with Crippen LogP contribution in [0.4, 0.5) is 11.6 Å². The number of ether oxygens (including phenoxy) is 1. The van der Waals surface area contributed by atoms with Crippen molar-refractivity contribution in [1.29, 1.82) is 0 Å². The van der Waals surface area contributed by atoms with Crippen LogP contribution in [0, 0.1) is 0 Å². The third kappa shape index (κ3) is 5.08. The summed E-state index contributed by atoms with van der Waals surface area (Å²) >= 11 is 0. The lowest BCUT2D eigenvalue weighted by molar-refractivity contribution is -0.142. The Morgan fingerprint density at radius 2 is 2.00 bits per heavy atom. The zero-order chi connectivity index (χ0) is 20.9. The molecule has 0 spiro atoms. The van der Waals surface area contributed by atoms with E-state index < -0.39 is 16.0 Å². The Balaban J connectivity index is 1.50. The maximum absolute atomic E-state index is 12.3. The molecule has 0 atom stereocenters. The van der Waals surface area contributed by atoms with E-state index in [0.29, 0.717) is 30.2 Å². The molecular weight excluding hydrogens is 396 g/mol. The standard InChI is InChI=1S/C19H22N4O5S/c1-2-29(26,27)23-11-7-14-12-15(4-5-16(14)23)17(24)13-28-18(25)6-10-22-19-20-8-3-9-21-19/h3-5,8-9,12H,2,6-7,10-11,13H2,1H3,(H,20,21,22). The molecular formula is C19H22N4O5S. The van der Waals surface area contributed by atoms with Crippen LogP contribution in [0.25, 0.3) is 0 Å². The summed E-state index contributed by atoms with van der Waals surface area (Å²) in [5.41, 5.74) is 1.80. The molecule has 29 heavy (non-hydrogen) atoms. The highest BCUT2D eigenvalue weighted by molar-refractivity contribution is 7.92. The SMILES string of the molecule is CCS(=O)(=O)N1CCc2cc(C(=O)COC(=O)CCNc3ncccn3)ccc21. The lowest BCUT2D eigenvalue weighted by atomic mass is 10.1. The number of ketones is 1. The van der Waals surface area contributed by atoms with E-state index in [9.17, 15) is 18.0 Å². The molecule has 0 unspecified atom stereocenters. The number of benzene rings is 1. The fourth-order valence-corrected chi connectivity index (χ4v) is 4.12. The molecule has 2 heterocycles. The van der Waals surface area contributed by atoms with Crippen LogP contribution in [0.3, 0.4) is 0 Å². The van der Waals surface area contributed by atoms with Crippen LogP contribution in [0.15, 0.2) is 36.7 Å². The van der Waals surface area contributed by atoms with Gasteiger partial charge in [-0.3, -0.25) is 13.9 Å². The monoisotopic (exact) mass is 418 g/mol. The van der Waals surface area contributed by atoms with Crippen LogP contribution in [0.2, 0.25) is 0 Å². The van der Waals surface area contributed by atoms with Crippen molar-refractivity contribution in [2.45, 2.75) is 19.8 Å². The predicted octanol–water partition coefficient (Wildman–Crippen LogP) is 1.42. The van der Waals surface area contributed by atoms with Crippen molar-refractivity contribution in [2.75, 3.05) is 35.1 Å². The second kappa shape index (κ2) is 8.99. The normalized spacial score (nSPS) is 13.1. The van der Waals surface area contributed by atoms with Gasteiger partial charge < -0.3 is 10.1 Å². The molecule has 9 nitrogen and oxygen atoms in total. The van der Waals surface area contributed by atoms with Crippen molar-refractivity contribution in [3.05, 3.63) is 47.8 Å². The molecule has 0 bridgehead atoms. The largest absolute Gasteiger partial charge is 0.457 e. The van der Waals surface area contributed by atoms with Crippen molar-refractivity contribution in [3.8, 4) is 0 Å². The molecule has 0 saturated heterocycles. The fraction of sp³-hybridized carbons (Fsp3) is 0.368. The number of carbonyl (C=O) groups excluding carboxylic acids is 2. The van der Waals surface area contributed by atoms with Crippen LogP contribution in [-0.2, 0) is 26.0 Å². The van der Waals surface area contributed by atoms with Crippen molar-refractivity contribution in [3.63, 3.8) is 0 Å². The minimum atomic E-state index is -3.33. The van der Waals surface area contributed by atoms with Crippen LogP contribution in [0.5, 0.6) is 0 Å². The minimum absolute atomic E-state index is 0.0222. The first-order valence-electron chi connectivity index (χ1n) is 9.24. The molecule has 1 aromatic carbocycles. The summed E-state index contributed by atoms with van der Waals surface area (Å²) in [5.74, 6) is -0.414. The number of rotatable bonds is 9. The topological polar surface area (TPSA) is 119 Å².